The molecule has 1 aromatic rings. The third-order valence-electron chi connectivity index (χ3n) is 4.17. The van der Waals surface area contributed by atoms with Crippen molar-refractivity contribution in [3.8, 4) is 0 Å². The lowest BCUT2D eigenvalue weighted by atomic mass is 9.94. The Labute approximate surface area is 111 Å². The van der Waals surface area contributed by atoms with Gasteiger partial charge in [0.15, 0.2) is 0 Å². The van der Waals surface area contributed by atoms with E-state index in [0.717, 1.165) is 25.0 Å². The van der Waals surface area contributed by atoms with Gasteiger partial charge in [-0.2, -0.15) is 0 Å². The van der Waals surface area contributed by atoms with Gasteiger partial charge in [-0.1, -0.05) is 23.4 Å². The molecule has 3 atom stereocenters. The fraction of sp³-hybridized carbons (Fsp3) is 0.429. The van der Waals surface area contributed by atoms with Gasteiger partial charge in [0.25, 0.3) is 5.91 Å². The summed E-state index contributed by atoms with van der Waals surface area (Å²) in [5.74, 6) is 0.675. The van der Waals surface area contributed by atoms with E-state index in [4.69, 9.17) is 5.21 Å². The summed E-state index contributed by atoms with van der Waals surface area (Å²) in [6.45, 7) is 0. The van der Waals surface area contributed by atoms with Gasteiger partial charge in [-0.15, -0.1) is 0 Å². The number of nitrogens with zero attached hydrogens (tertiary/aromatic N) is 1. The van der Waals surface area contributed by atoms with Crippen molar-refractivity contribution >= 4 is 11.6 Å². The largest absolute Gasteiger partial charge is 0.411 e. The standard InChI is InChI=1S/C14H17N3O2/c18-14(9-4-2-1-3-5-9)16-15-12-10-6-7-11(8-10)13(12)17-19/h1-5,10-12,15,19H,6-8H2,(H,16,18)/b17-13+/t10-,11+,12-/m1/s1. The van der Waals surface area contributed by atoms with E-state index in [0.29, 0.717) is 17.4 Å². The van der Waals surface area contributed by atoms with Gasteiger partial charge in [-0.25, -0.2) is 5.43 Å². The molecule has 0 aliphatic heterocycles. The van der Waals surface area contributed by atoms with Gasteiger partial charge >= 0.3 is 0 Å². The van der Waals surface area contributed by atoms with Crippen LogP contribution in [0, 0.1) is 11.8 Å². The summed E-state index contributed by atoms with van der Waals surface area (Å²) >= 11 is 0. The van der Waals surface area contributed by atoms with E-state index in [-0.39, 0.29) is 11.9 Å². The van der Waals surface area contributed by atoms with E-state index < -0.39 is 0 Å². The molecule has 0 radical (unpaired) electrons. The summed E-state index contributed by atoms with van der Waals surface area (Å²) in [6.07, 6.45) is 3.27. The minimum Gasteiger partial charge on any atom is -0.411 e. The fourth-order valence-corrected chi connectivity index (χ4v) is 3.22. The molecular formula is C14H17N3O2. The average Bonchev–Trinajstić information content (AvgIpc) is 3.06. The highest BCUT2D eigenvalue weighted by Crippen LogP contribution is 2.42. The number of carbonyl (C=O) groups is 1. The molecule has 5 nitrogen and oxygen atoms in total. The lowest BCUT2D eigenvalue weighted by molar-refractivity contribution is 0.0925. The third-order valence-corrected chi connectivity index (χ3v) is 4.17. The van der Waals surface area contributed by atoms with Crippen LogP contribution in [0.1, 0.15) is 29.6 Å². The van der Waals surface area contributed by atoms with Crippen molar-refractivity contribution in [1.29, 1.82) is 0 Å². The first-order valence-corrected chi connectivity index (χ1v) is 6.62. The van der Waals surface area contributed by atoms with Crippen molar-refractivity contribution in [2.75, 3.05) is 0 Å². The molecule has 100 valence electrons. The molecule has 2 aliphatic rings. The molecule has 2 saturated carbocycles. The van der Waals surface area contributed by atoms with Crippen LogP contribution in [0.2, 0.25) is 0 Å². The number of nitrogens with one attached hydrogen (secondary N) is 2. The Hall–Kier alpha value is -1.88. The van der Waals surface area contributed by atoms with E-state index in [1.807, 2.05) is 18.2 Å². The Morgan fingerprint density at radius 1 is 1.26 bits per heavy atom. The van der Waals surface area contributed by atoms with Gasteiger partial charge in [0.2, 0.25) is 0 Å². The zero-order valence-corrected chi connectivity index (χ0v) is 10.5. The minimum atomic E-state index is -0.166. The molecule has 3 N–H and O–H groups in total. The number of hydrogen-bond acceptors (Lipinski definition) is 4. The van der Waals surface area contributed by atoms with E-state index in [2.05, 4.69) is 16.0 Å². The number of hydrazine groups is 1. The zero-order valence-electron chi connectivity index (χ0n) is 10.5. The Kier molecular flexibility index (Phi) is 3.21. The fourth-order valence-electron chi connectivity index (χ4n) is 3.22. The van der Waals surface area contributed by atoms with Crippen LogP contribution in [-0.2, 0) is 0 Å². The van der Waals surface area contributed by atoms with Crippen LogP contribution >= 0.6 is 0 Å². The van der Waals surface area contributed by atoms with Gasteiger partial charge in [0, 0.05) is 11.5 Å². The highest BCUT2D eigenvalue weighted by atomic mass is 16.4. The number of amides is 1. The van der Waals surface area contributed by atoms with Crippen LogP contribution in [0.25, 0.3) is 0 Å². The van der Waals surface area contributed by atoms with E-state index in [1.54, 1.807) is 12.1 Å². The molecule has 2 fully saturated rings. The molecule has 0 spiro atoms. The predicted molar refractivity (Wildman–Crippen MR) is 70.9 cm³/mol. The first-order chi connectivity index (χ1) is 9.29. The Balaban J connectivity index is 1.62. The van der Waals surface area contributed by atoms with Crippen molar-refractivity contribution in [1.82, 2.24) is 10.9 Å². The second kappa shape index (κ2) is 5.01. The second-order valence-electron chi connectivity index (χ2n) is 5.24. The number of oxime groups is 1. The van der Waals surface area contributed by atoms with Crippen LogP contribution in [0.5, 0.6) is 0 Å². The molecule has 1 amide bonds. The van der Waals surface area contributed by atoms with Crippen LogP contribution < -0.4 is 10.9 Å². The molecule has 0 unspecified atom stereocenters. The Morgan fingerprint density at radius 2 is 2.05 bits per heavy atom. The van der Waals surface area contributed by atoms with Crippen LogP contribution in [0.15, 0.2) is 35.5 Å². The van der Waals surface area contributed by atoms with Gasteiger partial charge in [0.1, 0.15) is 0 Å². The van der Waals surface area contributed by atoms with Crippen LogP contribution in [-0.4, -0.2) is 22.9 Å². The van der Waals surface area contributed by atoms with Crippen molar-refractivity contribution in [2.24, 2.45) is 17.0 Å². The van der Waals surface area contributed by atoms with Gasteiger partial charge in [0.05, 0.1) is 11.8 Å². The molecule has 0 heterocycles. The minimum absolute atomic E-state index is 0.0311. The highest BCUT2D eigenvalue weighted by Gasteiger charge is 2.45. The quantitative estimate of drug-likeness (QED) is 0.569. The Morgan fingerprint density at radius 3 is 2.79 bits per heavy atom. The molecule has 5 heteroatoms. The number of benzene rings is 1. The van der Waals surface area contributed by atoms with Crippen LogP contribution in [0.4, 0.5) is 0 Å². The van der Waals surface area contributed by atoms with Gasteiger partial charge < -0.3 is 5.21 Å². The topological polar surface area (TPSA) is 73.7 Å². The summed E-state index contributed by atoms with van der Waals surface area (Å²) in [4.78, 5) is 11.9. The SMILES string of the molecule is O=C(NN[C@H]1/C(=N/O)[C@H]2CC[C@@H]1C2)c1ccccc1. The highest BCUT2D eigenvalue weighted by molar-refractivity contribution is 5.96. The summed E-state index contributed by atoms with van der Waals surface area (Å²) in [6, 6.07) is 9.02. The molecule has 0 saturated heterocycles. The lowest BCUT2D eigenvalue weighted by Gasteiger charge is -2.24. The number of rotatable bonds is 3. The maximum Gasteiger partial charge on any atom is 0.265 e. The van der Waals surface area contributed by atoms with Crippen molar-refractivity contribution < 1.29 is 10.0 Å². The summed E-state index contributed by atoms with van der Waals surface area (Å²) in [5.41, 5.74) is 7.12. The summed E-state index contributed by atoms with van der Waals surface area (Å²) < 4.78 is 0. The monoisotopic (exact) mass is 259 g/mol. The van der Waals surface area contributed by atoms with E-state index >= 15 is 0 Å². The lowest BCUT2D eigenvalue weighted by Crippen LogP contribution is -2.50. The Bertz CT molecular complexity index is 501. The normalized spacial score (nSPS) is 30.7. The van der Waals surface area contributed by atoms with E-state index in [1.165, 1.54) is 0 Å². The smallest absolute Gasteiger partial charge is 0.265 e. The molecule has 1 aromatic carbocycles. The van der Waals surface area contributed by atoms with Crippen molar-refractivity contribution in [3.63, 3.8) is 0 Å². The molecular weight excluding hydrogens is 242 g/mol. The third kappa shape index (κ3) is 2.21. The van der Waals surface area contributed by atoms with Crippen molar-refractivity contribution in [2.45, 2.75) is 25.3 Å². The first kappa shape index (κ1) is 12.2. The summed E-state index contributed by atoms with van der Waals surface area (Å²) in [5, 5.41) is 12.5. The van der Waals surface area contributed by atoms with Gasteiger partial charge in [-0.05, 0) is 37.3 Å². The molecule has 3 rings (SSSR count). The van der Waals surface area contributed by atoms with E-state index in [9.17, 15) is 4.79 Å². The maximum atomic E-state index is 11.9. The number of carbonyl (C=O) groups excluding carboxylic acids is 1. The van der Waals surface area contributed by atoms with Crippen molar-refractivity contribution in [3.05, 3.63) is 35.9 Å². The molecule has 0 aromatic heterocycles. The maximum absolute atomic E-state index is 11.9. The number of hydrogen-bond donors (Lipinski definition) is 3. The molecule has 2 bridgehead atoms. The molecule has 19 heavy (non-hydrogen) atoms. The average molecular weight is 259 g/mol. The summed E-state index contributed by atoms with van der Waals surface area (Å²) in [7, 11) is 0. The molecule has 2 aliphatic carbocycles. The first-order valence-electron chi connectivity index (χ1n) is 6.62. The van der Waals surface area contributed by atoms with Gasteiger partial charge in [-0.3, -0.25) is 10.2 Å². The second-order valence-corrected chi connectivity index (χ2v) is 5.24. The van der Waals surface area contributed by atoms with Crippen LogP contribution in [0.3, 0.4) is 0 Å². The number of fused-ring (bicyclic) bond motifs is 2. The predicted octanol–water partition coefficient (Wildman–Crippen LogP) is 1.55. The zero-order chi connectivity index (χ0) is 13.2.